The molecular weight excluding hydrogens is 568 g/mol. The zero-order valence-corrected chi connectivity index (χ0v) is 24.7. The van der Waals surface area contributed by atoms with Crippen LogP contribution in [-0.2, 0) is 0 Å². The molecule has 0 unspecified atom stereocenters. The number of para-hydroxylation sites is 2. The molecule has 0 atom stereocenters. The van der Waals surface area contributed by atoms with E-state index < -0.39 is 11.8 Å². The second kappa shape index (κ2) is 9.52. The van der Waals surface area contributed by atoms with Crippen LogP contribution in [0, 0.1) is 18.3 Å². The molecule has 0 spiro atoms. The molecule has 0 saturated carbocycles. The fraction of sp³-hybridized carbons (Fsp3) is 0.0250. The van der Waals surface area contributed by atoms with Gasteiger partial charge in [-0.2, -0.15) is 5.26 Å². The van der Waals surface area contributed by atoms with Crippen molar-refractivity contribution in [3.63, 3.8) is 0 Å². The summed E-state index contributed by atoms with van der Waals surface area (Å²) in [5, 5.41) is 14.2. The Bertz CT molecular complexity index is 2620. The minimum absolute atomic E-state index is 0.353. The number of aryl methyl sites for hydroxylation is 1. The molecule has 6 aromatic carbocycles. The van der Waals surface area contributed by atoms with Gasteiger partial charge in [-0.15, -0.1) is 0 Å². The lowest BCUT2D eigenvalue weighted by Crippen LogP contribution is -2.30. The number of amides is 2. The van der Waals surface area contributed by atoms with Gasteiger partial charge in [-0.3, -0.25) is 9.59 Å². The first-order valence-electron chi connectivity index (χ1n) is 15.1. The summed E-state index contributed by atoms with van der Waals surface area (Å²) in [7, 11) is 0. The first kappa shape index (κ1) is 26.0. The van der Waals surface area contributed by atoms with Crippen molar-refractivity contribution in [1.82, 2.24) is 9.13 Å². The summed E-state index contributed by atoms with van der Waals surface area (Å²) < 4.78 is 4.44. The van der Waals surface area contributed by atoms with Crippen molar-refractivity contribution < 1.29 is 9.59 Å². The van der Waals surface area contributed by atoms with Gasteiger partial charge in [0.25, 0.3) is 11.8 Å². The van der Waals surface area contributed by atoms with Crippen LogP contribution in [0.4, 0.5) is 5.69 Å². The van der Waals surface area contributed by atoms with Gasteiger partial charge in [0.15, 0.2) is 0 Å². The number of benzene rings is 6. The van der Waals surface area contributed by atoms with Crippen LogP contribution in [0.5, 0.6) is 0 Å². The van der Waals surface area contributed by atoms with Crippen molar-refractivity contribution in [3.8, 4) is 17.4 Å². The second-order valence-electron chi connectivity index (χ2n) is 11.7. The Balaban J connectivity index is 1.44. The number of aromatic nitrogens is 2. The first-order chi connectivity index (χ1) is 22.5. The lowest BCUT2D eigenvalue weighted by Gasteiger charge is -2.21. The van der Waals surface area contributed by atoms with Crippen LogP contribution < -0.4 is 4.90 Å². The maximum absolute atomic E-state index is 13.8. The van der Waals surface area contributed by atoms with Gasteiger partial charge in [0.2, 0.25) is 0 Å². The van der Waals surface area contributed by atoms with Crippen LogP contribution >= 0.6 is 0 Å². The Morgan fingerprint density at radius 3 is 1.89 bits per heavy atom. The van der Waals surface area contributed by atoms with Crippen LogP contribution in [0.25, 0.3) is 55.0 Å². The van der Waals surface area contributed by atoms with Crippen molar-refractivity contribution in [3.05, 3.63) is 150 Å². The van der Waals surface area contributed by atoms with Crippen molar-refractivity contribution in [2.45, 2.75) is 6.92 Å². The molecule has 9 rings (SSSR count). The smallest absolute Gasteiger partial charge is 0.266 e. The van der Waals surface area contributed by atoms with E-state index in [9.17, 15) is 14.9 Å². The number of imide groups is 1. The SMILES string of the molecule is Cc1ccc(-n2c3ccccc3c3c2ccc2c4ccccc4n(-c4ccc(C#N)cc4N4C(=O)c5ccccc5C4=O)c23)cc1. The van der Waals surface area contributed by atoms with Gasteiger partial charge in [0.05, 0.1) is 56.2 Å². The zero-order chi connectivity index (χ0) is 31.1. The van der Waals surface area contributed by atoms with E-state index in [0.29, 0.717) is 28.1 Å². The highest BCUT2D eigenvalue weighted by Gasteiger charge is 2.38. The van der Waals surface area contributed by atoms with Gasteiger partial charge in [-0.1, -0.05) is 72.3 Å². The number of nitriles is 1. The number of fused-ring (bicyclic) bond motifs is 8. The van der Waals surface area contributed by atoms with Gasteiger partial charge >= 0.3 is 0 Å². The van der Waals surface area contributed by atoms with E-state index in [-0.39, 0.29) is 0 Å². The third-order valence-electron chi connectivity index (χ3n) is 9.14. The fourth-order valence-electron chi connectivity index (χ4n) is 7.10. The molecule has 0 aliphatic carbocycles. The summed E-state index contributed by atoms with van der Waals surface area (Å²) in [5.41, 5.74) is 8.33. The Kier molecular flexibility index (Phi) is 5.38. The van der Waals surface area contributed by atoms with Crippen LogP contribution in [0.3, 0.4) is 0 Å². The van der Waals surface area contributed by atoms with Crippen molar-refractivity contribution in [2.75, 3.05) is 4.90 Å². The summed E-state index contributed by atoms with van der Waals surface area (Å²) in [5.74, 6) is -0.808. The molecule has 8 aromatic rings. The summed E-state index contributed by atoms with van der Waals surface area (Å²) in [6.45, 7) is 2.08. The van der Waals surface area contributed by atoms with E-state index in [4.69, 9.17) is 0 Å². The molecule has 216 valence electrons. The molecule has 0 radical (unpaired) electrons. The number of rotatable bonds is 3. The minimum Gasteiger partial charge on any atom is -0.309 e. The Labute approximate surface area is 263 Å². The molecule has 46 heavy (non-hydrogen) atoms. The molecule has 0 N–H and O–H groups in total. The third kappa shape index (κ3) is 3.45. The highest BCUT2D eigenvalue weighted by Crippen LogP contribution is 2.44. The van der Waals surface area contributed by atoms with E-state index >= 15 is 0 Å². The molecular formula is C40H24N4O2. The second-order valence-corrected chi connectivity index (χ2v) is 11.7. The van der Waals surface area contributed by atoms with Crippen molar-refractivity contribution in [2.24, 2.45) is 0 Å². The number of carbonyl (C=O) groups is 2. The van der Waals surface area contributed by atoms with Crippen LogP contribution in [0.2, 0.25) is 0 Å². The van der Waals surface area contributed by atoms with Gasteiger partial charge in [0.1, 0.15) is 0 Å². The van der Waals surface area contributed by atoms with E-state index in [2.05, 4.69) is 94.9 Å². The first-order valence-corrected chi connectivity index (χ1v) is 15.1. The quantitative estimate of drug-likeness (QED) is 0.192. The Morgan fingerprint density at radius 1 is 0.565 bits per heavy atom. The maximum Gasteiger partial charge on any atom is 0.266 e. The summed E-state index contributed by atoms with van der Waals surface area (Å²) in [4.78, 5) is 28.9. The lowest BCUT2D eigenvalue weighted by atomic mass is 10.1. The molecule has 2 amide bonds. The molecule has 6 nitrogen and oxygen atoms in total. The highest BCUT2D eigenvalue weighted by atomic mass is 16.2. The molecule has 0 fully saturated rings. The predicted octanol–water partition coefficient (Wildman–Crippen LogP) is 8.86. The maximum atomic E-state index is 13.8. The molecule has 2 aromatic heterocycles. The van der Waals surface area contributed by atoms with E-state index in [1.54, 1.807) is 36.4 Å². The number of hydrogen-bond donors (Lipinski definition) is 0. The average molecular weight is 593 g/mol. The lowest BCUT2D eigenvalue weighted by molar-refractivity contribution is 0.0926. The zero-order valence-electron chi connectivity index (χ0n) is 24.7. The summed E-state index contributed by atoms with van der Waals surface area (Å²) in [6, 6.07) is 43.7. The van der Waals surface area contributed by atoms with Gasteiger partial charge < -0.3 is 9.13 Å². The number of hydrogen-bond acceptors (Lipinski definition) is 3. The van der Waals surface area contributed by atoms with Gasteiger partial charge in [0, 0.05) is 27.2 Å². The molecule has 0 bridgehead atoms. The van der Waals surface area contributed by atoms with E-state index in [0.717, 1.165) is 49.3 Å². The summed E-state index contributed by atoms with van der Waals surface area (Å²) in [6.07, 6.45) is 0. The van der Waals surface area contributed by atoms with Crippen LogP contribution in [-0.4, -0.2) is 20.9 Å². The molecule has 6 heteroatoms. The number of anilines is 1. The topological polar surface area (TPSA) is 71.0 Å². The Hall–Kier alpha value is -6.45. The normalized spacial score (nSPS) is 12.9. The molecule has 1 aliphatic heterocycles. The number of carbonyl (C=O) groups excluding carboxylic acids is 2. The third-order valence-corrected chi connectivity index (χ3v) is 9.14. The largest absolute Gasteiger partial charge is 0.309 e. The highest BCUT2D eigenvalue weighted by molar-refractivity contribution is 6.35. The monoisotopic (exact) mass is 592 g/mol. The van der Waals surface area contributed by atoms with Gasteiger partial charge in [-0.25, -0.2) is 4.90 Å². The van der Waals surface area contributed by atoms with Crippen molar-refractivity contribution in [1.29, 1.82) is 5.26 Å². The molecule has 1 aliphatic rings. The predicted molar refractivity (Wildman–Crippen MR) is 182 cm³/mol. The standard InChI is InChI=1S/C40H24N4O2/c1-24-14-17-26(18-15-24)42-33-13-7-5-11-31(33)37-35(42)21-19-28-27-8-4-6-12-32(27)43(38(28)37)34-20-16-25(23-41)22-36(34)44-39(45)29-9-2-3-10-30(29)40(44)46/h2-22H,1H3. The van der Waals surface area contributed by atoms with Gasteiger partial charge in [-0.05, 0) is 67.6 Å². The summed E-state index contributed by atoms with van der Waals surface area (Å²) >= 11 is 0. The fourth-order valence-corrected chi connectivity index (χ4v) is 7.10. The number of nitrogens with zero attached hydrogens (tertiary/aromatic N) is 4. The van der Waals surface area contributed by atoms with E-state index in [1.165, 1.54) is 10.5 Å². The van der Waals surface area contributed by atoms with Crippen LogP contribution in [0.1, 0.15) is 31.8 Å². The van der Waals surface area contributed by atoms with Crippen LogP contribution in [0.15, 0.2) is 127 Å². The minimum atomic E-state index is -0.404. The molecule has 3 heterocycles. The molecule has 0 saturated heterocycles. The Morgan fingerprint density at radius 2 is 1.20 bits per heavy atom. The van der Waals surface area contributed by atoms with Crippen molar-refractivity contribution >= 4 is 61.1 Å². The van der Waals surface area contributed by atoms with E-state index in [1.807, 2.05) is 18.2 Å². The average Bonchev–Trinajstić information content (AvgIpc) is 3.70.